The lowest BCUT2D eigenvalue weighted by Gasteiger charge is -2.21. The number of hydrogen-bond acceptors (Lipinski definition) is 2. The van der Waals surface area contributed by atoms with Crippen molar-refractivity contribution in [1.82, 2.24) is 0 Å². The molecule has 19 heavy (non-hydrogen) atoms. The number of carbonyl (C=O) groups excluding carboxylic acids is 1. The smallest absolute Gasteiger partial charge is 0.337 e. The quantitative estimate of drug-likeness (QED) is 0.883. The lowest BCUT2D eigenvalue weighted by molar-refractivity contribution is 0.0698. The minimum Gasteiger partial charge on any atom is -0.478 e. The van der Waals surface area contributed by atoms with Crippen molar-refractivity contribution in [2.45, 2.75) is 0 Å². The molecule has 5 heteroatoms. The molecule has 2 aromatic carbocycles. The van der Waals surface area contributed by atoms with Crippen LogP contribution in [0.15, 0.2) is 48.5 Å². The molecule has 0 unspecified atom stereocenters. The molecule has 0 saturated heterocycles. The van der Waals surface area contributed by atoms with Crippen LogP contribution in [0.2, 0.25) is 0 Å². The van der Waals surface area contributed by atoms with Gasteiger partial charge in [0.15, 0.2) is 0 Å². The number of primary amides is 1. The first-order valence-electron chi connectivity index (χ1n) is 5.50. The van der Waals surface area contributed by atoms with Crippen molar-refractivity contribution >= 4 is 23.4 Å². The summed E-state index contributed by atoms with van der Waals surface area (Å²) >= 11 is 0. The molecule has 95 valence electrons. The van der Waals surface area contributed by atoms with Crippen LogP contribution in [0, 0.1) is 6.07 Å². The molecule has 3 N–H and O–H groups in total. The normalized spacial score (nSPS) is 9.89. The Morgan fingerprint density at radius 3 is 2.37 bits per heavy atom. The molecule has 0 heterocycles. The molecule has 0 aliphatic heterocycles. The number of amides is 2. The van der Waals surface area contributed by atoms with E-state index >= 15 is 0 Å². The second kappa shape index (κ2) is 5.22. The van der Waals surface area contributed by atoms with Gasteiger partial charge < -0.3 is 10.8 Å². The number of aromatic carboxylic acids is 1. The van der Waals surface area contributed by atoms with Crippen LogP contribution < -0.4 is 10.6 Å². The van der Waals surface area contributed by atoms with Crippen molar-refractivity contribution in [3.05, 3.63) is 60.2 Å². The van der Waals surface area contributed by atoms with Gasteiger partial charge in [0.05, 0.1) is 16.9 Å². The number of hydrogen-bond donors (Lipinski definition) is 2. The Morgan fingerprint density at radius 2 is 1.79 bits per heavy atom. The minimum absolute atomic E-state index is 0.00134. The number of carboxylic acid groups (broad SMARTS) is 1. The maximum Gasteiger partial charge on any atom is 0.337 e. The Balaban J connectivity index is 2.59. The molecule has 0 aliphatic rings. The summed E-state index contributed by atoms with van der Waals surface area (Å²) in [6.45, 7) is 0. The first-order valence-corrected chi connectivity index (χ1v) is 5.50. The van der Waals surface area contributed by atoms with Crippen molar-refractivity contribution < 1.29 is 14.7 Å². The molecule has 2 rings (SSSR count). The van der Waals surface area contributed by atoms with E-state index in [1.807, 2.05) is 0 Å². The Morgan fingerprint density at radius 1 is 1.11 bits per heavy atom. The molecule has 0 aromatic heterocycles. The average Bonchev–Trinajstić information content (AvgIpc) is 2.40. The number of carbonyl (C=O) groups is 2. The van der Waals surface area contributed by atoms with Crippen LogP contribution in [0.25, 0.3) is 0 Å². The second-order valence-corrected chi connectivity index (χ2v) is 3.74. The van der Waals surface area contributed by atoms with E-state index in [2.05, 4.69) is 6.07 Å². The molecule has 0 bridgehead atoms. The maximum atomic E-state index is 11.6. The number of anilines is 2. The first-order chi connectivity index (χ1) is 9.11. The van der Waals surface area contributed by atoms with Crippen molar-refractivity contribution in [2.24, 2.45) is 5.73 Å². The van der Waals surface area contributed by atoms with Crippen LogP contribution in [0.1, 0.15) is 10.4 Å². The zero-order valence-electron chi connectivity index (χ0n) is 9.91. The number of benzene rings is 2. The van der Waals surface area contributed by atoms with E-state index in [1.165, 1.54) is 12.1 Å². The van der Waals surface area contributed by atoms with E-state index in [4.69, 9.17) is 10.8 Å². The molecule has 5 nitrogen and oxygen atoms in total. The molecule has 0 spiro atoms. The second-order valence-electron chi connectivity index (χ2n) is 3.74. The van der Waals surface area contributed by atoms with Gasteiger partial charge in [-0.1, -0.05) is 30.3 Å². The van der Waals surface area contributed by atoms with Crippen molar-refractivity contribution in [1.29, 1.82) is 0 Å². The lowest BCUT2D eigenvalue weighted by Crippen LogP contribution is -2.32. The molecule has 0 fully saturated rings. The highest BCUT2D eigenvalue weighted by Gasteiger charge is 2.20. The fraction of sp³-hybridized carbons (Fsp3) is 0. The third-order valence-corrected chi connectivity index (χ3v) is 2.53. The number of urea groups is 1. The van der Waals surface area contributed by atoms with E-state index in [0.717, 1.165) is 4.90 Å². The fourth-order valence-electron chi connectivity index (χ4n) is 1.74. The average molecular weight is 255 g/mol. The SMILES string of the molecule is NC(=O)N(c1[c]cccc1)c1ccccc1C(=O)O. The standard InChI is InChI=1S/C14H11N2O3/c15-14(19)16(10-6-2-1-3-7-10)12-9-5-4-8-11(12)13(17)18/h1-6,8-9H,(H2,15,19)(H,17,18). The van der Waals surface area contributed by atoms with E-state index < -0.39 is 12.0 Å². The van der Waals surface area contributed by atoms with Crippen molar-refractivity contribution in [3.63, 3.8) is 0 Å². The number of para-hydroxylation sites is 2. The Labute approximate surface area is 109 Å². The summed E-state index contributed by atoms with van der Waals surface area (Å²) in [6.07, 6.45) is 0. The predicted molar refractivity (Wildman–Crippen MR) is 70.4 cm³/mol. The highest BCUT2D eigenvalue weighted by Crippen LogP contribution is 2.27. The van der Waals surface area contributed by atoms with Gasteiger partial charge in [0, 0.05) is 6.07 Å². The van der Waals surface area contributed by atoms with Crippen LogP contribution >= 0.6 is 0 Å². The summed E-state index contributed by atoms with van der Waals surface area (Å²) in [4.78, 5) is 23.9. The lowest BCUT2D eigenvalue weighted by atomic mass is 10.1. The predicted octanol–water partition coefficient (Wildman–Crippen LogP) is 2.40. The van der Waals surface area contributed by atoms with Crippen LogP contribution in [-0.4, -0.2) is 17.1 Å². The fourth-order valence-corrected chi connectivity index (χ4v) is 1.74. The molecule has 0 aliphatic carbocycles. The third kappa shape index (κ3) is 2.55. The summed E-state index contributed by atoms with van der Waals surface area (Å²) in [5.41, 5.74) is 5.95. The zero-order chi connectivity index (χ0) is 13.8. The Hall–Kier alpha value is -2.82. The molecule has 1 radical (unpaired) electrons. The largest absolute Gasteiger partial charge is 0.478 e. The zero-order valence-corrected chi connectivity index (χ0v) is 9.91. The van der Waals surface area contributed by atoms with Gasteiger partial charge in [0.1, 0.15) is 0 Å². The van der Waals surface area contributed by atoms with E-state index in [0.29, 0.717) is 5.69 Å². The molecule has 2 amide bonds. The van der Waals surface area contributed by atoms with Gasteiger partial charge in [-0.15, -0.1) is 0 Å². The third-order valence-electron chi connectivity index (χ3n) is 2.53. The maximum absolute atomic E-state index is 11.6. The van der Waals surface area contributed by atoms with Gasteiger partial charge in [0.25, 0.3) is 0 Å². The van der Waals surface area contributed by atoms with Gasteiger partial charge in [-0.3, -0.25) is 4.90 Å². The Kier molecular flexibility index (Phi) is 3.47. The van der Waals surface area contributed by atoms with Crippen LogP contribution in [0.5, 0.6) is 0 Å². The molecular weight excluding hydrogens is 244 g/mol. The van der Waals surface area contributed by atoms with Gasteiger partial charge in [-0.2, -0.15) is 0 Å². The van der Waals surface area contributed by atoms with Crippen molar-refractivity contribution in [3.8, 4) is 0 Å². The van der Waals surface area contributed by atoms with Gasteiger partial charge in [-0.25, -0.2) is 9.59 Å². The summed E-state index contributed by atoms with van der Waals surface area (Å²) in [5.74, 6) is -1.13. The highest BCUT2D eigenvalue weighted by atomic mass is 16.4. The summed E-state index contributed by atoms with van der Waals surface area (Å²) in [7, 11) is 0. The van der Waals surface area contributed by atoms with Crippen LogP contribution in [-0.2, 0) is 0 Å². The minimum atomic E-state index is -1.13. The van der Waals surface area contributed by atoms with Crippen LogP contribution in [0.3, 0.4) is 0 Å². The highest BCUT2D eigenvalue weighted by molar-refractivity contribution is 6.05. The van der Waals surface area contributed by atoms with Gasteiger partial charge in [-0.05, 0) is 18.2 Å². The van der Waals surface area contributed by atoms with Gasteiger partial charge in [0.2, 0.25) is 0 Å². The molecule has 0 atom stereocenters. The van der Waals surface area contributed by atoms with E-state index in [-0.39, 0.29) is 11.3 Å². The molecular formula is C14H11N2O3. The number of rotatable bonds is 3. The van der Waals surface area contributed by atoms with Crippen LogP contribution in [0.4, 0.5) is 16.2 Å². The van der Waals surface area contributed by atoms with E-state index in [9.17, 15) is 9.59 Å². The van der Waals surface area contributed by atoms with Crippen molar-refractivity contribution in [2.75, 3.05) is 4.90 Å². The number of nitrogens with zero attached hydrogens (tertiary/aromatic N) is 1. The molecule has 2 aromatic rings. The Bertz CT molecular complexity index is 611. The number of nitrogens with two attached hydrogens (primary N) is 1. The summed E-state index contributed by atoms with van der Waals surface area (Å²) in [6, 6.07) is 14.9. The summed E-state index contributed by atoms with van der Waals surface area (Å²) in [5, 5.41) is 9.15. The first kappa shape index (κ1) is 12.6. The monoisotopic (exact) mass is 255 g/mol. The van der Waals surface area contributed by atoms with Gasteiger partial charge >= 0.3 is 12.0 Å². The number of carboxylic acids is 1. The van der Waals surface area contributed by atoms with E-state index in [1.54, 1.807) is 36.4 Å². The topological polar surface area (TPSA) is 83.6 Å². The molecule has 0 saturated carbocycles. The summed E-state index contributed by atoms with van der Waals surface area (Å²) < 4.78 is 0.